The smallest absolute Gasteiger partial charge is 0.110 e. The first kappa shape index (κ1) is 11.7. The lowest BCUT2D eigenvalue weighted by Gasteiger charge is -2.20. The van der Waals surface area contributed by atoms with Gasteiger partial charge in [-0.15, -0.1) is 0 Å². The average molecular weight is 223 g/mol. The van der Waals surface area contributed by atoms with Crippen LogP contribution in [-0.2, 0) is 17.7 Å². The molecule has 0 saturated carbocycles. The van der Waals surface area contributed by atoms with Crippen molar-refractivity contribution in [2.75, 3.05) is 13.2 Å². The normalized spacial score (nSPS) is 17.9. The number of hydrogen-bond acceptors (Lipinski definition) is 3. The van der Waals surface area contributed by atoms with Crippen LogP contribution in [0.3, 0.4) is 0 Å². The van der Waals surface area contributed by atoms with Crippen molar-refractivity contribution in [1.82, 2.24) is 0 Å². The van der Waals surface area contributed by atoms with Crippen LogP contribution in [0.15, 0.2) is 4.42 Å². The largest absolute Gasteiger partial charge is 0.465 e. The van der Waals surface area contributed by atoms with Crippen LogP contribution in [0.2, 0.25) is 0 Å². The van der Waals surface area contributed by atoms with Crippen LogP contribution in [0.4, 0.5) is 0 Å². The van der Waals surface area contributed by atoms with Crippen molar-refractivity contribution in [3.05, 3.63) is 22.6 Å². The molecule has 2 N–H and O–H groups in total. The molecule has 2 rings (SSSR count). The van der Waals surface area contributed by atoms with Gasteiger partial charge in [-0.1, -0.05) is 6.92 Å². The third-order valence-corrected chi connectivity index (χ3v) is 3.51. The van der Waals surface area contributed by atoms with Crippen LogP contribution in [0.1, 0.15) is 48.3 Å². The Morgan fingerprint density at radius 1 is 1.31 bits per heavy atom. The average Bonchev–Trinajstić information content (AvgIpc) is 2.66. The molecule has 1 fully saturated rings. The Bertz CT molecular complexity index is 351. The van der Waals surface area contributed by atoms with E-state index >= 15 is 0 Å². The molecule has 1 aliphatic heterocycles. The van der Waals surface area contributed by atoms with Crippen LogP contribution >= 0.6 is 0 Å². The van der Waals surface area contributed by atoms with Crippen LogP contribution in [-0.4, -0.2) is 13.2 Å². The lowest BCUT2D eigenvalue weighted by molar-refractivity contribution is 0.0802. The third kappa shape index (κ3) is 2.02. The zero-order valence-corrected chi connectivity index (χ0v) is 10.2. The van der Waals surface area contributed by atoms with Crippen molar-refractivity contribution in [2.24, 2.45) is 5.73 Å². The highest BCUT2D eigenvalue weighted by Gasteiger charge is 2.24. The third-order valence-electron chi connectivity index (χ3n) is 3.51. The predicted molar refractivity (Wildman–Crippen MR) is 63.5 cm³/mol. The van der Waals surface area contributed by atoms with Crippen LogP contribution in [0.5, 0.6) is 0 Å². The summed E-state index contributed by atoms with van der Waals surface area (Å²) >= 11 is 0. The Hall–Kier alpha value is -0.800. The van der Waals surface area contributed by atoms with E-state index in [1.165, 1.54) is 11.1 Å². The second-order valence-electron chi connectivity index (χ2n) is 4.44. The summed E-state index contributed by atoms with van der Waals surface area (Å²) in [6.45, 7) is 6.54. The number of rotatable bonds is 3. The van der Waals surface area contributed by atoms with Crippen LogP contribution < -0.4 is 5.73 Å². The van der Waals surface area contributed by atoms with E-state index < -0.39 is 0 Å². The minimum absolute atomic E-state index is 0.527. The van der Waals surface area contributed by atoms with E-state index in [0.29, 0.717) is 12.5 Å². The molecular weight excluding hydrogens is 202 g/mol. The fraction of sp³-hybridized carbons (Fsp3) is 0.692. The number of furan rings is 1. The standard InChI is InChI=1S/C13H21NO2/c1-3-12-11(8-14)9(2)13(16-12)10-4-6-15-7-5-10/h10H,3-8,14H2,1-2H3. The minimum Gasteiger partial charge on any atom is -0.465 e. The first-order chi connectivity index (χ1) is 7.77. The van der Waals surface area contributed by atoms with Gasteiger partial charge in [0.15, 0.2) is 0 Å². The molecule has 0 spiro atoms. The van der Waals surface area contributed by atoms with Gasteiger partial charge in [0.05, 0.1) is 0 Å². The van der Waals surface area contributed by atoms with Gasteiger partial charge in [-0.2, -0.15) is 0 Å². The van der Waals surface area contributed by atoms with Crippen molar-refractivity contribution in [2.45, 2.75) is 45.6 Å². The molecule has 1 aromatic heterocycles. The molecule has 16 heavy (non-hydrogen) atoms. The summed E-state index contributed by atoms with van der Waals surface area (Å²) in [6.07, 6.45) is 3.07. The second kappa shape index (κ2) is 5.02. The quantitative estimate of drug-likeness (QED) is 0.856. The molecule has 0 aromatic carbocycles. The Balaban J connectivity index is 2.29. The maximum absolute atomic E-state index is 5.99. The van der Waals surface area contributed by atoms with Gasteiger partial charge in [-0.3, -0.25) is 0 Å². The summed E-state index contributed by atoms with van der Waals surface area (Å²) in [5.74, 6) is 2.75. The highest BCUT2D eigenvalue weighted by molar-refractivity contribution is 5.34. The highest BCUT2D eigenvalue weighted by atomic mass is 16.5. The monoisotopic (exact) mass is 223 g/mol. The van der Waals surface area contributed by atoms with Gasteiger partial charge in [0.1, 0.15) is 11.5 Å². The molecule has 0 bridgehead atoms. The molecule has 0 unspecified atom stereocenters. The van der Waals surface area contributed by atoms with Crippen LogP contribution in [0, 0.1) is 6.92 Å². The molecule has 3 heteroatoms. The van der Waals surface area contributed by atoms with Crippen molar-refractivity contribution < 1.29 is 9.15 Å². The van der Waals surface area contributed by atoms with Crippen molar-refractivity contribution in [3.8, 4) is 0 Å². The Morgan fingerprint density at radius 3 is 2.50 bits per heavy atom. The minimum atomic E-state index is 0.527. The van der Waals surface area contributed by atoms with Gasteiger partial charge in [0.2, 0.25) is 0 Å². The lowest BCUT2D eigenvalue weighted by Crippen LogP contribution is -2.14. The molecule has 1 aliphatic rings. The number of hydrogen-bond donors (Lipinski definition) is 1. The summed E-state index contributed by atoms with van der Waals surface area (Å²) in [7, 11) is 0. The van der Waals surface area contributed by atoms with E-state index in [4.69, 9.17) is 14.9 Å². The summed E-state index contributed by atoms with van der Waals surface area (Å²) in [6, 6.07) is 0. The summed E-state index contributed by atoms with van der Waals surface area (Å²) in [5, 5.41) is 0. The van der Waals surface area contributed by atoms with Gasteiger partial charge in [0.25, 0.3) is 0 Å². The van der Waals surface area contributed by atoms with Crippen molar-refractivity contribution in [3.63, 3.8) is 0 Å². The Kier molecular flexibility index (Phi) is 3.66. The van der Waals surface area contributed by atoms with Gasteiger partial charge < -0.3 is 14.9 Å². The van der Waals surface area contributed by atoms with Gasteiger partial charge in [-0.25, -0.2) is 0 Å². The molecular formula is C13H21NO2. The summed E-state index contributed by atoms with van der Waals surface area (Å²) in [4.78, 5) is 0. The van der Waals surface area contributed by atoms with Crippen molar-refractivity contribution in [1.29, 1.82) is 0 Å². The molecule has 1 aromatic rings. The zero-order chi connectivity index (χ0) is 11.5. The Morgan fingerprint density at radius 2 is 2.00 bits per heavy atom. The maximum atomic E-state index is 5.99. The maximum Gasteiger partial charge on any atom is 0.110 e. The molecule has 0 aliphatic carbocycles. The Labute approximate surface area is 97.0 Å². The van der Waals surface area contributed by atoms with E-state index in [9.17, 15) is 0 Å². The van der Waals surface area contributed by atoms with Gasteiger partial charge in [0, 0.05) is 37.7 Å². The molecule has 0 radical (unpaired) electrons. The second-order valence-corrected chi connectivity index (χ2v) is 4.44. The fourth-order valence-corrected chi connectivity index (χ4v) is 2.53. The number of ether oxygens (including phenoxy) is 1. The summed E-state index contributed by atoms with van der Waals surface area (Å²) in [5.41, 5.74) is 8.27. The topological polar surface area (TPSA) is 48.4 Å². The molecule has 90 valence electrons. The van der Waals surface area contributed by atoms with E-state index in [2.05, 4.69) is 13.8 Å². The molecule has 0 amide bonds. The SMILES string of the molecule is CCc1oc(C2CCOCC2)c(C)c1CN. The van der Waals surface area contributed by atoms with Crippen molar-refractivity contribution >= 4 is 0 Å². The van der Waals surface area contributed by atoms with E-state index in [1.807, 2.05) is 0 Å². The first-order valence-electron chi connectivity index (χ1n) is 6.16. The van der Waals surface area contributed by atoms with E-state index in [0.717, 1.165) is 44.0 Å². The van der Waals surface area contributed by atoms with E-state index in [-0.39, 0.29) is 0 Å². The predicted octanol–water partition coefficient (Wildman–Crippen LogP) is 2.50. The molecule has 0 atom stereocenters. The van der Waals surface area contributed by atoms with Gasteiger partial charge >= 0.3 is 0 Å². The first-order valence-corrected chi connectivity index (χ1v) is 6.16. The highest BCUT2D eigenvalue weighted by Crippen LogP contribution is 2.34. The molecule has 3 nitrogen and oxygen atoms in total. The van der Waals surface area contributed by atoms with E-state index in [1.54, 1.807) is 0 Å². The number of aryl methyl sites for hydroxylation is 1. The van der Waals surface area contributed by atoms with Crippen LogP contribution in [0.25, 0.3) is 0 Å². The van der Waals surface area contributed by atoms with Gasteiger partial charge in [-0.05, 0) is 25.3 Å². The molecule has 2 heterocycles. The fourth-order valence-electron chi connectivity index (χ4n) is 2.53. The summed E-state index contributed by atoms with van der Waals surface area (Å²) < 4.78 is 11.4. The molecule has 1 saturated heterocycles. The zero-order valence-electron chi connectivity index (χ0n) is 10.2. The lowest BCUT2D eigenvalue weighted by atomic mass is 9.94. The number of nitrogens with two attached hydrogens (primary N) is 1.